The lowest BCUT2D eigenvalue weighted by Gasteiger charge is -2.24. The number of rotatable bonds is 4. The van der Waals surface area contributed by atoms with Gasteiger partial charge in [0.15, 0.2) is 6.10 Å². The summed E-state index contributed by atoms with van der Waals surface area (Å²) in [5.41, 5.74) is 0.360. The Morgan fingerprint density at radius 2 is 1.86 bits per heavy atom. The summed E-state index contributed by atoms with van der Waals surface area (Å²) in [6.07, 6.45) is -3.76. The van der Waals surface area contributed by atoms with Crippen LogP contribution in [0.4, 0.5) is 13.2 Å². The molecule has 35 heavy (non-hydrogen) atoms. The van der Waals surface area contributed by atoms with Crippen LogP contribution in [0.2, 0.25) is 0 Å². The number of benzene rings is 2. The molecule has 1 amide bonds. The van der Waals surface area contributed by atoms with Crippen molar-refractivity contribution in [3.63, 3.8) is 0 Å². The van der Waals surface area contributed by atoms with E-state index in [9.17, 15) is 27.9 Å². The number of halogens is 3. The van der Waals surface area contributed by atoms with Crippen molar-refractivity contribution in [1.29, 1.82) is 0 Å². The Kier molecular flexibility index (Phi) is 5.75. The summed E-state index contributed by atoms with van der Waals surface area (Å²) in [6, 6.07) is 13.9. The highest BCUT2D eigenvalue weighted by atomic mass is 19.4. The fourth-order valence-electron chi connectivity index (χ4n) is 4.80. The maximum absolute atomic E-state index is 13.1. The number of aromatic amines is 1. The molecule has 0 radical (unpaired) electrons. The van der Waals surface area contributed by atoms with E-state index in [0.29, 0.717) is 29.9 Å². The molecule has 1 aromatic heterocycles. The zero-order valence-corrected chi connectivity index (χ0v) is 18.8. The summed E-state index contributed by atoms with van der Waals surface area (Å²) in [6.45, 7) is 0.260. The van der Waals surface area contributed by atoms with Gasteiger partial charge >= 0.3 is 6.18 Å². The summed E-state index contributed by atoms with van der Waals surface area (Å²) in [5, 5.41) is 10.6. The van der Waals surface area contributed by atoms with Crippen molar-refractivity contribution in [2.24, 2.45) is 0 Å². The molecule has 0 spiro atoms. The summed E-state index contributed by atoms with van der Waals surface area (Å²) in [4.78, 5) is 35.2. The van der Waals surface area contributed by atoms with E-state index in [1.54, 1.807) is 0 Å². The second-order valence-electron chi connectivity index (χ2n) is 9.18. The standard InChI is InChI=1S/C26H24F3N3O3/c27-26(28,29)18-9-4-6-16(14-18)21(33)23(35)32-13-5-10-19-20(15-32)30-24(31-22(19)34)25(11-12-25)17-7-2-1-3-8-17/h1-4,6-9,14,21,33H,5,10-13,15H2,(H,30,31,34)/t21-/m1/s1. The van der Waals surface area contributed by atoms with Gasteiger partial charge in [-0.1, -0.05) is 42.5 Å². The van der Waals surface area contributed by atoms with Gasteiger partial charge in [0, 0.05) is 12.1 Å². The molecule has 1 saturated carbocycles. The number of alkyl halides is 3. The first kappa shape index (κ1) is 23.3. The van der Waals surface area contributed by atoms with Crippen LogP contribution < -0.4 is 5.56 Å². The number of H-pyrrole nitrogens is 1. The maximum atomic E-state index is 13.1. The third-order valence-electron chi connectivity index (χ3n) is 6.90. The van der Waals surface area contributed by atoms with Crippen molar-refractivity contribution in [1.82, 2.24) is 14.9 Å². The molecule has 9 heteroatoms. The average molecular weight is 483 g/mol. The number of hydrogen-bond acceptors (Lipinski definition) is 4. The van der Waals surface area contributed by atoms with Gasteiger partial charge in [0.2, 0.25) is 0 Å². The summed E-state index contributed by atoms with van der Waals surface area (Å²) in [5.74, 6) is -0.162. The summed E-state index contributed by atoms with van der Waals surface area (Å²) >= 11 is 0. The second kappa shape index (κ2) is 8.64. The van der Waals surface area contributed by atoms with E-state index in [4.69, 9.17) is 4.98 Å². The minimum absolute atomic E-state index is 0.00593. The second-order valence-corrected chi connectivity index (χ2v) is 9.18. The minimum atomic E-state index is -4.58. The van der Waals surface area contributed by atoms with Crippen LogP contribution in [-0.4, -0.2) is 32.4 Å². The van der Waals surface area contributed by atoms with Gasteiger partial charge in [-0.15, -0.1) is 0 Å². The first-order chi connectivity index (χ1) is 16.7. The molecule has 2 aliphatic rings. The number of amides is 1. The van der Waals surface area contributed by atoms with Crippen LogP contribution >= 0.6 is 0 Å². The normalized spacial score (nSPS) is 17.9. The predicted molar refractivity (Wildman–Crippen MR) is 121 cm³/mol. The van der Waals surface area contributed by atoms with E-state index >= 15 is 0 Å². The van der Waals surface area contributed by atoms with Crippen molar-refractivity contribution in [2.45, 2.75) is 49.9 Å². The zero-order chi connectivity index (χ0) is 24.8. The Morgan fingerprint density at radius 1 is 1.11 bits per heavy atom. The Morgan fingerprint density at radius 3 is 2.54 bits per heavy atom. The molecule has 1 aliphatic heterocycles. The van der Waals surface area contributed by atoms with E-state index in [-0.39, 0.29) is 29.6 Å². The first-order valence-electron chi connectivity index (χ1n) is 11.5. The smallest absolute Gasteiger partial charge is 0.378 e. The Hall–Kier alpha value is -3.46. The van der Waals surface area contributed by atoms with Gasteiger partial charge in [-0.05, 0) is 48.9 Å². The Labute approximate surface area is 199 Å². The lowest BCUT2D eigenvalue weighted by Crippen LogP contribution is -2.35. The summed E-state index contributed by atoms with van der Waals surface area (Å²) in [7, 11) is 0. The predicted octanol–water partition coefficient (Wildman–Crippen LogP) is 3.88. The van der Waals surface area contributed by atoms with Gasteiger partial charge in [-0.2, -0.15) is 13.2 Å². The number of aromatic nitrogens is 2. The Bertz CT molecular complexity index is 1320. The van der Waals surface area contributed by atoms with E-state index in [2.05, 4.69) is 4.98 Å². The van der Waals surface area contributed by atoms with Gasteiger partial charge in [0.25, 0.3) is 11.5 Å². The van der Waals surface area contributed by atoms with Gasteiger partial charge in [0.1, 0.15) is 5.82 Å². The number of carbonyl (C=O) groups is 1. The quantitative estimate of drug-likeness (QED) is 0.590. The molecule has 3 aromatic rings. The fourth-order valence-corrected chi connectivity index (χ4v) is 4.80. The minimum Gasteiger partial charge on any atom is -0.378 e. The number of aliphatic hydroxyl groups is 1. The van der Waals surface area contributed by atoms with Crippen LogP contribution in [0, 0.1) is 0 Å². The van der Waals surface area contributed by atoms with E-state index in [1.165, 1.54) is 17.0 Å². The lowest BCUT2D eigenvalue weighted by atomic mass is 9.94. The third-order valence-corrected chi connectivity index (χ3v) is 6.90. The third kappa shape index (κ3) is 4.36. The fraction of sp³-hybridized carbons (Fsp3) is 0.346. The van der Waals surface area contributed by atoms with Crippen LogP contribution in [0.3, 0.4) is 0 Å². The van der Waals surface area contributed by atoms with Gasteiger partial charge in [-0.3, -0.25) is 9.59 Å². The van der Waals surface area contributed by atoms with Crippen molar-refractivity contribution < 1.29 is 23.1 Å². The molecule has 182 valence electrons. The molecular formula is C26H24F3N3O3. The molecule has 1 aliphatic carbocycles. The highest BCUT2D eigenvalue weighted by Crippen LogP contribution is 2.52. The first-order valence-corrected chi connectivity index (χ1v) is 11.5. The largest absolute Gasteiger partial charge is 0.416 e. The number of hydrogen-bond donors (Lipinski definition) is 2. The monoisotopic (exact) mass is 483 g/mol. The highest BCUT2D eigenvalue weighted by molar-refractivity contribution is 5.82. The van der Waals surface area contributed by atoms with Crippen molar-refractivity contribution >= 4 is 5.91 Å². The van der Waals surface area contributed by atoms with Crippen LogP contribution in [0.25, 0.3) is 0 Å². The van der Waals surface area contributed by atoms with Crippen LogP contribution in [0.15, 0.2) is 59.4 Å². The number of fused-ring (bicyclic) bond motifs is 1. The van der Waals surface area contributed by atoms with Gasteiger partial charge in [-0.25, -0.2) is 4.98 Å². The average Bonchev–Trinajstić information content (AvgIpc) is 3.68. The lowest BCUT2D eigenvalue weighted by molar-refractivity contribution is -0.142. The van der Waals surface area contributed by atoms with E-state index in [1.807, 2.05) is 30.3 Å². The Balaban J connectivity index is 1.44. The van der Waals surface area contributed by atoms with Crippen molar-refractivity contribution in [3.8, 4) is 0 Å². The molecule has 5 rings (SSSR count). The molecule has 0 bridgehead atoms. The van der Waals surface area contributed by atoms with Gasteiger partial charge in [0.05, 0.1) is 23.2 Å². The number of nitrogens with one attached hydrogen (secondary N) is 1. The number of carbonyl (C=O) groups excluding carboxylic acids is 1. The van der Waals surface area contributed by atoms with Crippen LogP contribution in [-0.2, 0) is 29.4 Å². The molecule has 2 heterocycles. The molecule has 0 unspecified atom stereocenters. The molecule has 2 N–H and O–H groups in total. The van der Waals surface area contributed by atoms with E-state index in [0.717, 1.165) is 30.5 Å². The van der Waals surface area contributed by atoms with Crippen LogP contribution in [0.1, 0.15) is 59.1 Å². The molecule has 2 aromatic carbocycles. The molecule has 1 fully saturated rings. The van der Waals surface area contributed by atoms with Gasteiger partial charge < -0.3 is 15.0 Å². The topological polar surface area (TPSA) is 86.3 Å². The zero-order valence-electron chi connectivity index (χ0n) is 18.8. The highest BCUT2D eigenvalue weighted by Gasteiger charge is 2.48. The molecule has 1 atom stereocenters. The van der Waals surface area contributed by atoms with Crippen LogP contribution in [0.5, 0.6) is 0 Å². The van der Waals surface area contributed by atoms with Crippen molar-refractivity contribution in [3.05, 3.63) is 98.7 Å². The maximum Gasteiger partial charge on any atom is 0.416 e. The summed E-state index contributed by atoms with van der Waals surface area (Å²) < 4.78 is 39.3. The molecule has 6 nitrogen and oxygen atoms in total. The SMILES string of the molecule is O=C([C@H](O)c1cccc(C(F)(F)F)c1)N1CCCc2c(nc(C3(c4ccccc4)CC3)[nH]c2=O)C1. The molecule has 0 saturated heterocycles. The number of aliphatic hydroxyl groups excluding tert-OH is 1. The van der Waals surface area contributed by atoms with Crippen molar-refractivity contribution in [2.75, 3.05) is 6.54 Å². The van der Waals surface area contributed by atoms with E-state index < -0.39 is 23.8 Å². The number of nitrogens with zero attached hydrogens (tertiary/aromatic N) is 2. The molecular weight excluding hydrogens is 459 g/mol.